The van der Waals surface area contributed by atoms with Crippen LogP contribution < -0.4 is 10.1 Å². The fourth-order valence-corrected chi connectivity index (χ4v) is 4.46. The number of amides is 1. The molecule has 192 valence electrons. The van der Waals surface area contributed by atoms with E-state index < -0.39 is 39.1 Å². The Kier molecular flexibility index (Phi) is 6.46. The number of hydrogen-bond donors (Lipinski definition) is 1. The first-order chi connectivity index (χ1) is 18.1. The summed E-state index contributed by atoms with van der Waals surface area (Å²) in [5.74, 6) is -0.568. The van der Waals surface area contributed by atoms with Gasteiger partial charge in [0.2, 0.25) is 0 Å². The fourth-order valence-electron chi connectivity index (χ4n) is 3.52. The van der Waals surface area contributed by atoms with Crippen molar-refractivity contribution in [1.29, 1.82) is 0 Å². The molecule has 0 saturated heterocycles. The average molecular weight is 560 g/mol. The SMILES string of the molecule is O=C(Nc1cc(Oc2ccccc2)cc([N+](=O)[O-])c1)c1nn2c(C(F)(F)F)cc(-c3cccs3)nc2c1Cl. The minimum atomic E-state index is -4.83. The van der Waals surface area contributed by atoms with Crippen molar-refractivity contribution < 1.29 is 27.6 Å². The highest BCUT2D eigenvalue weighted by Gasteiger charge is 2.37. The molecule has 0 unspecified atom stereocenters. The van der Waals surface area contributed by atoms with Crippen molar-refractivity contribution in [2.75, 3.05) is 5.32 Å². The predicted molar refractivity (Wildman–Crippen MR) is 134 cm³/mol. The van der Waals surface area contributed by atoms with Gasteiger partial charge >= 0.3 is 6.18 Å². The van der Waals surface area contributed by atoms with Crippen LogP contribution in [-0.4, -0.2) is 25.4 Å². The molecule has 3 aromatic heterocycles. The molecule has 0 bridgehead atoms. The number of fused-ring (bicyclic) bond motifs is 1. The lowest BCUT2D eigenvalue weighted by molar-refractivity contribution is -0.384. The number of hydrogen-bond acceptors (Lipinski definition) is 7. The number of alkyl halides is 3. The molecule has 38 heavy (non-hydrogen) atoms. The van der Waals surface area contributed by atoms with E-state index in [1.807, 2.05) is 0 Å². The van der Waals surface area contributed by atoms with Crippen molar-refractivity contribution in [3.63, 3.8) is 0 Å². The van der Waals surface area contributed by atoms with Gasteiger partial charge in [-0.3, -0.25) is 14.9 Å². The zero-order valence-corrected chi connectivity index (χ0v) is 20.3. The molecular formula is C24H13ClF3N5O4S. The van der Waals surface area contributed by atoms with Crippen molar-refractivity contribution in [1.82, 2.24) is 14.6 Å². The fraction of sp³-hybridized carbons (Fsp3) is 0.0417. The lowest BCUT2D eigenvalue weighted by atomic mass is 10.2. The lowest BCUT2D eigenvalue weighted by Gasteiger charge is -2.10. The number of carbonyl (C=O) groups excluding carboxylic acids is 1. The number of non-ortho nitro benzene ring substituents is 1. The van der Waals surface area contributed by atoms with Gasteiger partial charge in [-0.2, -0.15) is 18.3 Å². The van der Waals surface area contributed by atoms with Gasteiger partial charge < -0.3 is 10.1 Å². The molecule has 0 aliphatic heterocycles. The first-order valence-electron chi connectivity index (χ1n) is 10.6. The second-order valence-electron chi connectivity index (χ2n) is 7.74. The van der Waals surface area contributed by atoms with E-state index in [9.17, 15) is 28.1 Å². The van der Waals surface area contributed by atoms with Crippen molar-refractivity contribution >= 4 is 45.9 Å². The summed E-state index contributed by atoms with van der Waals surface area (Å²) in [5.41, 5.74) is -2.55. The lowest BCUT2D eigenvalue weighted by Crippen LogP contribution is -2.16. The Morgan fingerprint density at radius 1 is 1.08 bits per heavy atom. The van der Waals surface area contributed by atoms with Gasteiger partial charge in [-0.1, -0.05) is 35.9 Å². The van der Waals surface area contributed by atoms with Crippen LogP contribution >= 0.6 is 22.9 Å². The van der Waals surface area contributed by atoms with Gasteiger partial charge in [0.25, 0.3) is 11.6 Å². The number of thiophene rings is 1. The van der Waals surface area contributed by atoms with E-state index in [0.717, 1.165) is 18.2 Å². The molecule has 0 spiro atoms. The molecule has 0 aliphatic carbocycles. The monoisotopic (exact) mass is 559 g/mol. The maximum absolute atomic E-state index is 13.9. The summed E-state index contributed by atoms with van der Waals surface area (Å²) in [6, 6.07) is 16.0. The zero-order valence-electron chi connectivity index (χ0n) is 18.8. The molecule has 5 rings (SSSR count). The van der Waals surface area contributed by atoms with Crippen LogP contribution in [0.25, 0.3) is 16.2 Å². The number of nitrogens with one attached hydrogen (secondary N) is 1. The summed E-state index contributed by atoms with van der Waals surface area (Å²) in [6.45, 7) is 0. The standard InChI is InChI=1S/C24H13ClF3N5O4S/c25-20-21(31-32-19(24(26,27)28)12-17(30-22(20)32)18-7-4-8-38-18)23(34)29-13-9-14(33(35)36)11-16(10-13)37-15-5-2-1-3-6-15/h1-12H,(H,29,34). The number of ether oxygens (including phenoxy) is 1. The molecule has 0 radical (unpaired) electrons. The number of anilines is 1. The summed E-state index contributed by atoms with van der Waals surface area (Å²) >= 11 is 7.47. The third kappa shape index (κ3) is 5.01. The van der Waals surface area contributed by atoms with Gasteiger partial charge in [0.05, 0.1) is 27.2 Å². The van der Waals surface area contributed by atoms with Gasteiger partial charge in [0, 0.05) is 12.1 Å². The van der Waals surface area contributed by atoms with E-state index in [2.05, 4.69) is 15.4 Å². The number of nitrogens with zero attached hydrogens (tertiary/aromatic N) is 4. The molecule has 2 aromatic carbocycles. The molecule has 0 atom stereocenters. The second-order valence-corrected chi connectivity index (χ2v) is 9.07. The first kappa shape index (κ1) is 25.2. The quantitative estimate of drug-likeness (QED) is 0.176. The Hall–Kier alpha value is -4.49. The topological polar surface area (TPSA) is 112 Å². The van der Waals surface area contributed by atoms with Gasteiger partial charge in [0.15, 0.2) is 17.0 Å². The summed E-state index contributed by atoms with van der Waals surface area (Å²) in [6.07, 6.45) is -4.83. The third-order valence-electron chi connectivity index (χ3n) is 5.15. The molecule has 1 N–H and O–H groups in total. The number of benzene rings is 2. The average Bonchev–Trinajstić information content (AvgIpc) is 3.52. The Labute approximate surface area is 220 Å². The number of nitro groups is 1. The molecule has 0 fully saturated rings. The van der Waals surface area contributed by atoms with E-state index in [1.54, 1.807) is 47.8 Å². The van der Waals surface area contributed by atoms with Crippen molar-refractivity contribution in [2.24, 2.45) is 0 Å². The van der Waals surface area contributed by atoms with Gasteiger partial charge in [-0.15, -0.1) is 11.3 Å². The van der Waals surface area contributed by atoms with Crippen LogP contribution in [0, 0.1) is 10.1 Å². The molecule has 1 amide bonds. The summed E-state index contributed by atoms with van der Waals surface area (Å²) < 4.78 is 47.7. The molecule has 0 aliphatic rings. The number of nitro benzene ring substituents is 1. The van der Waals surface area contributed by atoms with Crippen LogP contribution in [0.5, 0.6) is 11.5 Å². The van der Waals surface area contributed by atoms with Gasteiger partial charge in [-0.25, -0.2) is 9.50 Å². The maximum atomic E-state index is 13.9. The summed E-state index contributed by atoms with van der Waals surface area (Å²) in [4.78, 5) is 28.4. The van der Waals surface area contributed by atoms with E-state index in [0.29, 0.717) is 15.1 Å². The Balaban J connectivity index is 1.54. The Bertz CT molecular complexity index is 1670. The summed E-state index contributed by atoms with van der Waals surface area (Å²) in [5, 5.41) is 18.9. The highest BCUT2D eigenvalue weighted by Crippen LogP contribution is 2.36. The maximum Gasteiger partial charge on any atom is 0.433 e. The van der Waals surface area contributed by atoms with Crippen molar-refractivity contribution in [3.8, 4) is 22.1 Å². The van der Waals surface area contributed by atoms with Crippen LogP contribution in [0.2, 0.25) is 5.02 Å². The second kappa shape index (κ2) is 9.76. The molecule has 14 heteroatoms. The molecule has 0 saturated carbocycles. The number of aromatic nitrogens is 3. The van der Waals surface area contributed by atoms with Crippen LogP contribution in [0.3, 0.4) is 0 Å². The highest BCUT2D eigenvalue weighted by atomic mass is 35.5. The molecule has 9 nitrogen and oxygen atoms in total. The number of rotatable bonds is 6. The number of carbonyl (C=O) groups is 1. The smallest absolute Gasteiger partial charge is 0.433 e. The van der Waals surface area contributed by atoms with Crippen LogP contribution in [0.1, 0.15) is 16.2 Å². The van der Waals surface area contributed by atoms with Gasteiger partial charge in [-0.05, 0) is 29.6 Å². The van der Waals surface area contributed by atoms with E-state index in [1.165, 1.54) is 17.4 Å². The minimum Gasteiger partial charge on any atom is -0.457 e. The van der Waals surface area contributed by atoms with E-state index in [4.69, 9.17) is 16.3 Å². The normalized spacial score (nSPS) is 11.5. The third-order valence-corrected chi connectivity index (χ3v) is 6.39. The number of para-hydroxylation sites is 1. The summed E-state index contributed by atoms with van der Waals surface area (Å²) in [7, 11) is 0. The number of halogens is 4. The highest BCUT2D eigenvalue weighted by molar-refractivity contribution is 7.13. The van der Waals surface area contributed by atoms with Crippen LogP contribution in [0.4, 0.5) is 24.5 Å². The minimum absolute atomic E-state index is 0.00923. The predicted octanol–water partition coefficient (Wildman–Crippen LogP) is 7.08. The van der Waals surface area contributed by atoms with E-state index in [-0.39, 0.29) is 22.8 Å². The van der Waals surface area contributed by atoms with Crippen LogP contribution in [0.15, 0.2) is 72.1 Å². The van der Waals surface area contributed by atoms with Crippen molar-refractivity contribution in [3.05, 3.63) is 98.6 Å². The zero-order chi connectivity index (χ0) is 27.0. The molecule has 5 aromatic rings. The largest absolute Gasteiger partial charge is 0.457 e. The van der Waals surface area contributed by atoms with Gasteiger partial charge in [0.1, 0.15) is 16.5 Å². The van der Waals surface area contributed by atoms with E-state index >= 15 is 0 Å². The Morgan fingerprint density at radius 2 is 1.84 bits per heavy atom. The van der Waals surface area contributed by atoms with Crippen molar-refractivity contribution in [2.45, 2.75) is 6.18 Å². The molecule has 3 heterocycles. The molecular weight excluding hydrogens is 547 g/mol. The first-order valence-corrected chi connectivity index (χ1v) is 11.9. The Morgan fingerprint density at radius 3 is 2.50 bits per heavy atom. The van der Waals surface area contributed by atoms with Crippen LogP contribution in [-0.2, 0) is 6.18 Å².